The van der Waals surface area contributed by atoms with Crippen LogP contribution in [0.4, 0.5) is 0 Å². The standard InChI is InChI=1S/C18H19N3O2S/c19-12-18(7-8-18)13-24(22,23)21-9-3-6-17(21)15-10-14-4-1-2-5-16(14)20-11-15/h1-2,4-5,10-11,17H,3,6-9,13H2. The van der Waals surface area contributed by atoms with Gasteiger partial charge in [0.15, 0.2) is 0 Å². The number of hydrogen-bond donors (Lipinski definition) is 0. The van der Waals surface area contributed by atoms with E-state index in [2.05, 4.69) is 11.1 Å². The molecule has 0 amide bonds. The van der Waals surface area contributed by atoms with Crippen molar-refractivity contribution in [1.29, 1.82) is 5.26 Å². The van der Waals surface area contributed by atoms with E-state index >= 15 is 0 Å². The maximum atomic E-state index is 12.8. The number of fused-ring (bicyclic) bond motifs is 1. The molecule has 1 aliphatic carbocycles. The lowest BCUT2D eigenvalue weighted by atomic mass is 10.1. The van der Waals surface area contributed by atoms with Crippen LogP contribution in [0.1, 0.15) is 37.3 Å². The van der Waals surface area contributed by atoms with Crippen LogP contribution in [0, 0.1) is 16.7 Å². The van der Waals surface area contributed by atoms with E-state index in [1.165, 1.54) is 0 Å². The predicted molar refractivity (Wildman–Crippen MR) is 91.5 cm³/mol. The first-order valence-electron chi connectivity index (χ1n) is 8.29. The van der Waals surface area contributed by atoms with Gasteiger partial charge in [0.25, 0.3) is 0 Å². The van der Waals surface area contributed by atoms with Gasteiger partial charge in [-0.3, -0.25) is 4.98 Å². The SMILES string of the molecule is N#CC1(CS(=O)(=O)N2CCCC2c2cnc3ccccc3c2)CC1. The lowest BCUT2D eigenvalue weighted by Gasteiger charge is -2.25. The third kappa shape index (κ3) is 2.68. The Bertz CT molecular complexity index is 929. The number of hydrogen-bond acceptors (Lipinski definition) is 4. The summed E-state index contributed by atoms with van der Waals surface area (Å²) < 4.78 is 27.3. The molecule has 1 saturated heterocycles. The molecule has 2 fully saturated rings. The summed E-state index contributed by atoms with van der Waals surface area (Å²) in [5.74, 6) is -0.0476. The van der Waals surface area contributed by atoms with Gasteiger partial charge in [-0.1, -0.05) is 18.2 Å². The second-order valence-electron chi connectivity index (χ2n) is 6.88. The molecule has 2 heterocycles. The highest BCUT2D eigenvalue weighted by Crippen LogP contribution is 2.47. The van der Waals surface area contributed by atoms with Gasteiger partial charge in [0.1, 0.15) is 0 Å². The second kappa shape index (κ2) is 5.54. The smallest absolute Gasteiger partial charge is 0.216 e. The van der Waals surface area contributed by atoms with E-state index in [1.807, 2.05) is 30.3 Å². The van der Waals surface area contributed by atoms with Crippen molar-refractivity contribution in [3.05, 3.63) is 42.1 Å². The van der Waals surface area contributed by atoms with Crippen molar-refractivity contribution in [2.75, 3.05) is 12.3 Å². The number of rotatable bonds is 4. The maximum absolute atomic E-state index is 12.8. The zero-order chi connectivity index (χ0) is 16.8. The molecule has 2 aromatic rings. The van der Waals surface area contributed by atoms with Crippen molar-refractivity contribution in [2.24, 2.45) is 5.41 Å². The Hall–Kier alpha value is -1.97. The fourth-order valence-electron chi connectivity index (χ4n) is 3.55. The Kier molecular flexibility index (Phi) is 3.59. The van der Waals surface area contributed by atoms with Gasteiger partial charge < -0.3 is 0 Å². The zero-order valence-corrected chi connectivity index (χ0v) is 14.2. The summed E-state index contributed by atoms with van der Waals surface area (Å²) in [6.45, 7) is 0.529. The molecular weight excluding hydrogens is 322 g/mol. The van der Waals surface area contributed by atoms with E-state index in [0.717, 1.165) is 29.3 Å². The summed E-state index contributed by atoms with van der Waals surface area (Å²) in [7, 11) is -3.43. The molecule has 1 atom stereocenters. The molecule has 124 valence electrons. The van der Waals surface area contributed by atoms with E-state index in [1.54, 1.807) is 10.5 Å². The minimum absolute atomic E-state index is 0.0476. The van der Waals surface area contributed by atoms with Crippen LogP contribution >= 0.6 is 0 Å². The van der Waals surface area contributed by atoms with E-state index < -0.39 is 15.4 Å². The maximum Gasteiger partial charge on any atom is 0.216 e. The number of nitriles is 1. The van der Waals surface area contributed by atoms with Crippen LogP contribution in [0.15, 0.2) is 36.5 Å². The van der Waals surface area contributed by atoms with Crippen LogP contribution in [0.25, 0.3) is 10.9 Å². The molecule has 4 rings (SSSR count). The summed E-state index contributed by atoms with van der Waals surface area (Å²) in [5.41, 5.74) is 1.21. The summed E-state index contributed by atoms with van der Waals surface area (Å²) >= 11 is 0. The Labute approximate surface area is 142 Å². The Balaban J connectivity index is 1.65. The van der Waals surface area contributed by atoms with Crippen LogP contribution in [-0.2, 0) is 10.0 Å². The monoisotopic (exact) mass is 341 g/mol. The Morgan fingerprint density at radius 1 is 1.33 bits per heavy atom. The molecule has 24 heavy (non-hydrogen) atoms. The molecule has 1 aliphatic heterocycles. The van der Waals surface area contributed by atoms with Crippen molar-refractivity contribution in [2.45, 2.75) is 31.7 Å². The molecule has 2 aliphatic rings. The van der Waals surface area contributed by atoms with Crippen LogP contribution < -0.4 is 0 Å². The third-order valence-electron chi connectivity index (χ3n) is 5.11. The van der Waals surface area contributed by atoms with Gasteiger partial charge >= 0.3 is 0 Å². The fourth-order valence-corrected chi connectivity index (χ4v) is 5.79. The van der Waals surface area contributed by atoms with Gasteiger partial charge in [-0.05, 0) is 43.4 Å². The van der Waals surface area contributed by atoms with Crippen molar-refractivity contribution >= 4 is 20.9 Å². The lowest BCUT2D eigenvalue weighted by molar-refractivity contribution is 0.392. The molecule has 0 bridgehead atoms. The minimum Gasteiger partial charge on any atom is -0.256 e. The van der Waals surface area contributed by atoms with Gasteiger partial charge in [-0.15, -0.1) is 0 Å². The van der Waals surface area contributed by atoms with Gasteiger partial charge in [-0.2, -0.15) is 9.57 Å². The van der Waals surface area contributed by atoms with Crippen LogP contribution in [0.2, 0.25) is 0 Å². The molecule has 5 nitrogen and oxygen atoms in total. The number of pyridine rings is 1. The quantitative estimate of drug-likeness (QED) is 0.857. The van der Waals surface area contributed by atoms with Crippen molar-refractivity contribution in [3.8, 4) is 6.07 Å². The highest BCUT2D eigenvalue weighted by Gasteiger charge is 2.49. The Morgan fingerprint density at radius 2 is 2.12 bits per heavy atom. The van der Waals surface area contributed by atoms with Crippen LogP contribution in [0.3, 0.4) is 0 Å². The second-order valence-corrected chi connectivity index (χ2v) is 8.80. The molecule has 1 aromatic heterocycles. The average molecular weight is 341 g/mol. The summed E-state index contributed by atoms with van der Waals surface area (Å²) in [4.78, 5) is 4.47. The summed E-state index contributed by atoms with van der Waals surface area (Å²) in [5, 5.41) is 10.2. The van der Waals surface area contributed by atoms with Crippen LogP contribution in [-0.4, -0.2) is 30.0 Å². The topological polar surface area (TPSA) is 74.1 Å². The number of sulfonamides is 1. The van der Waals surface area contributed by atoms with Crippen molar-refractivity contribution in [1.82, 2.24) is 9.29 Å². The first kappa shape index (κ1) is 15.6. The predicted octanol–water partition coefficient (Wildman–Crippen LogP) is 3.01. The average Bonchev–Trinajstić information content (AvgIpc) is 3.16. The molecule has 1 saturated carbocycles. The van der Waals surface area contributed by atoms with Gasteiger partial charge in [-0.25, -0.2) is 8.42 Å². The van der Waals surface area contributed by atoms with E-state index in [4.69, 9.17) is 0 Å². The largest absolute Gasteiger partial charge is 0.256 e. The number of aromatic nitrogens is 1. The first-order valence-corrected chi connectivity index (χ1v) is 9.89. The highest BCUT2D eigenvalue weighted by molar-refractivity contribution is 7.89. The van der Waals surface area contributed by atoms with E-state index in [9.17, 15) is 13.7 Å². The number of benzene rings is 1. The van der Waals surface area contributed by atoms with Crippen molar-refractivity contribution in [3.63, 3.8) is 0 Å². The molecular formula is C18H19N3O2S. The van der Waals surface area contributed by atoms with E-state index in [-0.39, 0.29) is 11.8 Å². The lowest BCUT2D eigenvalue weighted by Crippen LogP contribution is -2.35. The third-order valence-corrected chi connectivity index (χ3v) is 7.18. The van der Waals surface area contributed by atoms with E-state index in [0.29, 0.717) is 19.4 Å². The molecule has 1 unspecified atom stereocenters. The first-order chi connectivity index (χ1) is 11.5. The van der Waals surface area contributed by atoms with Crippen LogP contribution in [0.5, 0.6) is 0 Å². The Morgan fingerprint density at radius 3 is 2.88 bits per heavy atom. The van der Waals surface area contributed by atoms with Gasteiger partial charge in [0.05, 0.1) is 28.8 Å². The summed E-state index contributed by atoms with van der Waals surface area (Å²) in [6.07, 6.45) is 4.82. The molecule has 0 N–H and O–H groups in total. The highest BCUT2D eigenvalue weighted by atomic mass is 32.2. The molecule has 6 heteroatoms. The normalized spacial score (nSPS) is 23.2. The fraction of sp³-hybridized carbons (Fsp3) is 0.444. The number of nitrogens with zero attached hydrogens (tertiary/aromatic N) is 3. The van der Waals surface area contributed by atoms with Crippen molar-refractivity contribution < 1.29 is 8.42 Å². The molecule has 0 spiro atoms. The zero-order valence-electron chi connectivity index (χ0n) is 13.4. The molecule has 0 radical (unpaired) electrons. The van der Waals surface area contributed by atoms with Gasteiger partial charge in [0.2, 0.25) is 10.0 Å². The van der Waals surface area contributed by atoms with Gasteiger partial charge in [0, 0.05) is 18.1 Å². The summed E-state index contributed by atoms with van der Waals surface area (Å²) in [6, 6.07) is 11.9. The minimum atomic E-state index is -3.43. The molecule has 1 aromatic carbocycles. The number of para-hydroxylation sites is 1.